The summed E-state index contributed by atoms with van der Waals surface area (Å²) >= 11 is 0. The van der Waals surface area contributed by atoms with Crippen LogP contribution < -0.4 is 9.46 Å². The summed E-state index contributed by atoms with van der Waals surface area (Å²) in [5.41, 5.74) is 0.217. The molecule has 0 aromatic heterocycles. The third-order valence-electron chi connectivity index (χ3n) is 2.37. The Bertz CT molecular complexity index is 560. The predicted molar refractivity (Wildman–Crippen MR) is 71.7 cm³/mol. The van der Waals surface area contributed by atoms with E-state index in [4.69, 9.17) is 0 Å². The third kappa shape index (κ3) is 6.89. The number of methoxy groups -OCH3 is 1. The number of carbonyl (C=O) groups excluding carboxylic acids is 1. The normalized spacial score (nSPS) is 11.2. The van der Waals surface area contributed by atoms with Gasteiger partial charge in [-0.15, -0.1) is 0 Å². The van der Waals surface area contributed by atoms with Gasteiger partial charge in [-0.25, -0.2) is 8.42 Å². The van der Waals surface area contributed by atoms with Gasteiger partial charge in [-0.3, -0.25) is 9.52 Å². The van der Waals surface area contributed by atoms with E-state index < -0.39 is 22.6 Å². The predicted octanol–water partition coefficient (Wildman–Crippen LogP) is 1.98. The molecule has 0 aliphatic rings. The summed E-state index contributed by atoms with van der Waals surface area (Å²) in [6.07, 6.45) is 0.118. The van der Waals surface area contributed by atoms with Gasteiger partial charge in [-0.2, -0.15) is 8.78 Å². The van der Waals surface area contributed by atoms with Gasteiger partial charge >= 0.3 is 12.6 Å². The van der Waals surface area contributed by atoms with Crippen LogP contribution >= 0.6 is 0 Å². The molecule has 0 aliphatic carbocycles. The number of benzene rings is 1. The zero-order valence-corrected chi connectivity index (χ0v) is 12.0. The third-order valence-corrected chi connectivity index (χ3v) is 3.75. The highest BCUT2D eigenvalue weighted by Gasteiger charge is 2.12. The molecule has 0 unspecified atom stereocenters. The van der Waals surface area contributed by atoms with E-state index in [9.17, 15) is 22.0 Å². The van der Waals surface area contributed by atoms with Crippen molar-refractivity contribution < 1.29 is 31.5 Å². The second-order valence-electron chi connectivity index (χ2n) is 4.00. The van der Waals surface area contributed by atoms with E-state index in [-0.39, 0.29) is 30.0 Å². The lowest BCUT2D eigenvalue weighted by Gasteiger charge is -2.09. The van der Waals surface area contributed by atoms with Crippen molar-refractivity contribution in [3.63, 3.8) is 0 Å². The van der Waals surface area contributed by atoms with Crippen molar-refractivity contribution in [2.45, 2.75) is 19.5 Å². The molecule has 0 amide bonds. The van der Waals surface area contributed by atoms with Crippen molar-refractivity contribution in [3.8, 4) is 5.75 Å². The van der Waals surface area contributed by atoms with Gasteiger partial charge in [-0.05, 0) is 30.7 Å². The van der Waals surface area contributed by atoms with Crippen LogP contribution in [0.5, 0.6) is 5.75 Å². The van der Waals surface area contributed by atoms with Crippen LogP contribution in [0.2, 0.25) is 0 Å². The first-order valence-electron chi connectivity index (χ1n) is 5.94. The minimum absolute atomic E-state index is 0.00141. The van der Waals surface area contributed by atoms with Gasteiger partial charge in [-0.1, -0.05) is 0 Å². The molecule has 1 N–H and O–H groups in total. The van der Waals surface area contributed by atoms with Crippen LogP contribution in [-0.2, 0) is 19.6 Å². The smallest absolute Gasteiger partial charge is 0.387 e. The van der Waals surface area contributed by atoms with Crippen LogP contribution in [0.3, 0.4) is 0 Å². The Morgan fingerprint density at radius 3 is 2.43 bits per heavy atom. The van der Waals surface area contributed by atoms with Gasteiger partial charge in [0.05, 0.1) is 12.9 Å². The molecule has 0 heterocycles. The SMILES string of the molecule is COC(=O)CCCS(=O)(=O)Nc1ccc(OC(F)F)cc1. The van der Waals surface area contributed by atoms with Crippen LogP contribution in [-0.4, -0.2) is 33.9 Å². The summed E-state index contributed by atoms with van der Waals surface area (Å²) in [5.74, 6) is -0.811. The molecule has 1 rings (SSSR count). The largest absolute Gasteiger partial charge is 0.469 e. The summed E-state index contributed by atoms with van der Waals surface area (Å²) in [4.78, 5) is 10.9. The molecular formula is C12H15F2NO5S. The molecule has 1 aromatic carbocycles. The summed E-state index contributed by atoms with van der Waals surface area (Å²) in [6.45, 7) is -2.94. The number of hydrogen-bond acceptors (Lipinski definition) is 5. The second kappa shape index (κ2) is 7.77. The highest BCUT2D eigenvalue weighted by Crippen LogP contribution is 2.18. The number of rotatable bonds is 8. The molecule has 9 heteroatoms. The van der Waals surface area contributed by atoms with Crippen molar-refractivity contribution in [2.75, 3.05) is 17.6 Å². The maximum absolute atomic E-state index is 12.0. The van der Waals surface area contributed by atoms with E-state index in [1.54, 1.807) is 0 Å². The van der Waals surface area contributed by atoms with Crippen LogP contribution in [0, 0.1) is 0 Å². The van der Waals surface area contributed by atoms with Crippen molar-refractivity contribution in [1.29, 1.82) is 0 Å². The standard InChI is InChI=1S/C12H15F2NO5S/c1-19-11(16)3-2-8-21(17,18)15-9-4-6-10(7-5-9)20-12(13)14/h4-7,12,15H,2-3,8H2,1H3. The summed E-state index contributed by atoms with van der Waals surface area (Å²) < 4.78 is 58.2. The molecule has 6 nitrogen and oxygen atoms in total. The lowest BCUT2D eigenvalue weighted by molar-refractivity contribution is -0.140. The molecule has 118 valence electrons. The Balaban J connectivity index is 2.53. The average molecular weight is 323 g/mol. The molecule has 21 heavy (non-hydrogen) atoms. The molecule has 0 radical (unpaired) electrons. The Morgan fingerprint density at radius 2 is 1.90 bits per heavy atom. The lowest BCUT2D eigenvalue weighted by atomic mass is 10.3. The topological polar surface area (TPSA) is 81.7 Å². The van der Waals surface area contributed by atoms with Gasteiger partial charge in [0.2, 0.25) is 10.0 Å². The van der Waals surface area contributed by atoms with Crippen molar-refractivity contribution in [2.24, 2.45) is 0 Å². The lowest BCUT2D eigenvalue weighted by Crippen LogP contribution is -2.17. The van der Waals surface area contributed by atoms with E-state index in [0.29, 0.717) is 0 Å². The number of nitrogens with one attached hydrogen (secondary N) is 1. The Morgan fingerprint density at radius 1 is 1.29 bits per heavy atom. The highest BCUT2D eigenvalue weighted by atomic mass is 32.2. The molecule has 1 aromatic rings. The average Bonchev–Trinajstić information content (AvgIpc) is 2.39. The van der Waals surface area contributed by atoms with Gasteiger partial charge in [0.15, 0.2) is 0 Å². The van der Waals surface area contributed by atoms with Gasteiger partial charge in [0.25, 0.3) is 0 Å². The van der Waals surface area contributed by atoms with E-state index >= 15 is 0 Å². The molecule has 0 atom stereocenters. The van der Waals surface area contributed by atoms with Gasteiger partial charge in [0, 0.05) is 12.1 Å². The van der Waals surface area contributed by atoms with E-state index in [0.717, 1.165) is 0 Å². The van der Waals surface area contributed by atoms with Crippen LogP contribution in [0.25, 0.3) is 0 Å². The molecule has 0 bridgehead atoms. The maximum Gasteiger partial charge on any atom is 0.387 e. The number of carbonyl (C=O) groups is 1. The molecular weight excluding hydrogens is 308 g/mol. The van der Waals surface area contributed by atoms with Crippen molar-refractivity contribution in [3.05, 3.63) is 24.3 Å². The summed E-state index contributed by atoms with van der Waals surface area (Å²) in [6, 6.07) is 5.04. The van der Waals surface area contributed by atoms with E-state index in [2.05, 4.69) is 14.2 Å². The Hall–Kier alpha value is -1.90. The number of hydrogen-bond donors (Lipinski definition) is 1. The summed E-state index contributed by atoms with van der Waals surface area (Å²) in [7, 11) is -2.40. The minimum Gasteiger partial charge on any atom is -0.469 e. The fraction of sp³-hybridized carbons (Fsp3) is 0.417. The fourth-order valence-electron chi connectivity index (χ4n) is 1.44. The Kier molecular flexibility index (Phi) is 6.35. The quantitative estimate of drug-likeness (QED) is 0.740. The van der Waals surface area contributed by atoms with E-state index in [1.165, 1.54) is 31.4 Å². The molecule has 0 saturated heterocycles. The van der Waals surface area contributed by atoms with Crippen LogP contribution in [0.1, 0.15) is 12.8 Å². The number of anilines is 1. The fourth-order valence-corrected chi connectivity index (χ4v) is 2.57. The first-order chi connectivity index (χ1) is 9.82. The van der Waals surface area contributed by atoms with Crippen LogP contribution in [0.15, 0.2) is 24.3 Å². The molecule has 0 fully saturated rings. The Labute approximate surface area is 121 Å². The molecule has 0 spiro atoms. The van der Waals surface area contributed by atoms with Crippen molar-refractivity contribution >= 4 is 21.7 Å². The monoisotopic (exact) mass is 323 g/mol. The van der Waals surface area contributed by atoms with Crippen molar-refractivity contribution in [1.82, 2.24) is 0 Å². The van der Waals surface area contributed by atoms with Crippen LogP contribution in [0.4, 0.5) is 14.5 Å². The van der Waals surface area contributed by atoms with Gasteiger partial charge < -0.3 is 9.47 Å². The molecule has 0 saturated carbocycles. The maximum atomic E-state index is 12.0. The number of alkyl halides is 2. The zero-order valence-electron chi connectivity index (χ0n) is 11.2. The number of halogens is 2. The zero-order chi connectivity index (χ0) is 15.9. The van der Waals surface area contributed by atoms with E-state index in [1.807, 2.05) is 0 Å². The molecule has 0 aliphatic heterocycles. The summed E-state index contributed by atoms with van der Waals surface area (Å²) in [5, 5.41) is 0. The van der Waals surface area contributed by atoms with Gasteiger partial charge in [0.1, 0.15) is 5.75 Å². The number of esters is 1. The first kappa shape index (κ1) is 17.2. The number of ether oxygens (including phenoxy) is 2. The minimum atomic E-state index is -3.62. The second-order valence-corrected chi connectivity index (χ2v) is 5.85. The number of sulfonamides is 1. The highest BCUT2D eigenvalue weighted by molar-refractivity contribution is 7.92. The first-order valence-corrected chi connectivity index (χ1v) is 7.60.